The molecule has 4 nitrogen and oxygen atoms in total. The summed E-state index contributed by atoms with van der Waals surface area (Å²) < 4.78 is 11.0. The highest BCUT2D eigenvalue weighted by atomic mass is 16.6. The number of hydrogen-bond donors (Lipinski definition) is 1. The van der Waals surface area contributed by atoms with E-state index >= 15 is 0 Å². The molecule has 0 saturated heterocycles. The van der Waals surface area contributed by atoms with Gasteiger partial charge in [-0.25, -0.2) is 0 Å². The van der Waals surface area contributed by atoms with Crippen molar-refractivity contribution in [3.8, 4) is 0 Å². The lowest BCUT2D eigenvalue weighted by molar-refractivity contribution is -0.153. The SMILES string of the molecule is CC/C=C\C/C=C\C/C=C\C/C=C\C/C=C\CC(=O)OC(CO)COCCCCCCCCCCCCCCC. The lowest BCUT2D eigenvalue weighted by Crippen LogP contribution is -2.27. The van der Waals surface area contributed by atoms with Gasteiger partial charge >= 0.3 is 5.97 Å². The van der Waals surface area contributed by atoms with E-state index in [-0.39, 0.29) is 25.6 Å². The summed E-state index contributed by atoms with van der Waals surface area (Å²) in [4.78, 5) is 12.0. The highest BCUT2D eigenvalue weighted by Gasteiger charge is 2.12. The number of unbranched alkanes of at least 4 members (excludes halogenated alkanes) is 12. The van der Waals surface area contributed by atoms with E-state index in [9.17, 15) is 9.90 Å². The van der Waals surface area contributed by atoms with Crippen LogP contribution in [0.25, 0.3) is 0 Å². The van der Waals surface area contributed by atoms with Gasteiger partial charge in [0.15, 0.2) is 0 Å². The van der Waals surface area contributed by atoms with Crippen LogP contribution in [0.5, 0.6) is 0 Å². The first kappa shape index (κ1) is 38.1. The largest absolute Gasteiger partial charge is 0.457 e. The Bertz CT molecular complexity index is 674. The molecule has 0 saturated carbocycles. The molecule has 0 aromatic carbocycles. The molecule has 0 aromatic rings. The topological polar surface area (TPSA) is 55.8 Å². The average Bonchev–Trinajstić information content (AvgIpc) is 2.96. The number of hydrogen-bond acceptors (Lipinski definition) is 4. The molecule has 40 heavy (non-hydrogen) atoms. The van der Waals surface area contributed by atoms with Gasteiger partial charge in [0.05, 0.1) is 19.6 Å². The van der Waals surface area contributed by atoms with E-state index in [0.29, 0.717) is 6.61 Å². The third-order valence-corrected chi connectivity index (χ3v) is 6.64. The van der Waals surface area contributed by atoms with Crippen molar-refractivity contribution in [2.75, 3.05) is 19.8 Å². The third-order valence-electron chi connectivity index (χ3n) is 6.64. The Morgan fingerprint density at radius 2 is 1.02 bits per heavy atom. The van der Waals surface area contributed by atoms with Crippen molar-refractivity contribution >= 4 is 5.97 Å². The van der Waals surface area contributed by atoms with Gasteiger partial charge in [0.1, 0.15) is 6.10 Å². The van der Waals surface area contributed by atoms with E-state index in [0.717, 1.165) is 38.5 Å². The summed E-state index contributed by atoms with van der Waals surface area (Å²) in [5.41, 5.74) is 0. The molecule has 0 aromatic heterocycles. The zero-order chi connectivity index (χ0) is 29.2. The maximum atomic E-state index is 12.0. The lowest BCUT2D eigenvalue weighted by atomic mass is 10.0. The Labute approximate surface area is 247 Å². The van der Waals surface area contributed by atoms with Crippen LogP contribution >= 0.6 is 0 Å². The molecule has 0 heterocycles. The number of rotatable bonds is 29. The zero-order valence-corrected chi connectivity index (χ0v) is 26.1. The van der Waals surface area contributed by atoms with E-state index in [2.05, 4.69) is 62.5 Å². The quantitative estimate of drug-likeness (QED) is 0.0564. The summed E-state index contributed by atoms with van der Waals surface area (Å²) in [6, 6.07) is 0. The monoisotopic (exact) mass is 558 g/mol. The molecule has 0 radical (unpaired) electrons. The van der Waals surface area contributed by atoms with Crippen LogP contribution in [0.15, 0.2) is 60.8 Å². The summed E-state index contributed by atoms with van der Waals surface area (Å²) >= 11 is 0. The Kier molecular flexibility index (Phi) is 31.7. The Hall–Kier alpha value is -1.91. The van der Waals surface area contributed by atoms with Gasteiger partial charge in [0, 0.05) is 6.61 Å². The normalized spacial score (nSPS) is 13.2. The van der Waals surface area contributed by atoms with Gasteiger partial charge in [-0.3, -0.25) is 4.79 Å². The minimum absolute atomic E-state index is 0.211. The predicted molar refractivity (Wildman–Crippen MR) is 173 cm³/mol. The summed E-state index contributed by atoms with van der Waals surface area (Å²) in [7, 11) is 0. The molecule has 1 unspecified atom stereocenters. The molecular formula is C36H62O4. The van der Waals surface area contributed by atoms with Crippen molar-refractivity contribution in [2.24, 2.45) is 0 Å². The van der Waals surface area contributed by atoms with Crippen molar-refractivity contribution in [1.82, 2.24) is 0 Å². The Morgan fingerprint density at radius 3 is 1.48 bits per heavy atom. The van der Waals surface area contributed by atoms with Crippen LogP contribution in [-0.4, -0.2) is 37.0 Å². The standard InChI is InChI=1S/C36H62O4/c1-3-5-7-9-11-13-15-17-18-19-21-23-25-27-29-31-36(38)40-35(33-37)34-39-32-30-28-26-24-22-20-16-14-12-10-8-6-4-2/h5,7,11,13,17-18,21,23,27,29,35,37H,3-4,6,8-10,12,14-16,19-20,22,24-26,28,30-34H2,1-2H3/b7-5-,13-11-,18-17-,23-21-,29-27-. The number of aliphatic hydroxyl groups excluding tert-OH is 1. The average molecular weight is 559 g/mol. The number of esters is 1. The Morgan fingerprint density at radius 1 is 0.600 bits per heavy atom. The molecule has 0 aliphatic heterocycles. The van der Waals surface area contributed by atoms with Gasteiger partial charge in [-0.1, -0.05) is 152 Å². The van der Waals surface area contributed by atoms with Crippen LogP contribution in [0, 0.1) is 0 Å². The smallest absolute Gasteiger partial charge is 0.310 e. The first-order chi connectivity index (χ1) is 19.7. The maximum absolute atomic E-state index is 12.0. The highest BCUT2D eigenvalue weighted by molar-refractivity contribution is 5.71. The minimum atomic E-state index is -0.586. The third kappa shape index (κ3) is 30.6. The van der Waals surface area contributed by atoms with Crippen LogP contribution in [0.1, 0.15) is 136 Å². The van der Waals surface area contributed by atoms with E-state index in [1.165, 1.54) is 77.0 Å². The van der Waals surface area contributed by atoms with Crippen LogP contribution in [0.3, 0.4) is 0 Å². The van der Waals surface area contributed by atoms with Crippen LogP contribution in [0.4, 0.5) is 0 Å². The summed E-state index contributed by atoms with van der Waals surface area (Å²) in [5, 5.41) is 9.50. The van der Waals surface area contributed by atoms with Crippen LogP contribution in [0.2, 0.25) is 0 Å². The van der Waals surface area contributed by atoms with Crippen molar-refractivity contribution < 1.29 is 19.4 Å². The number of carbonyl (C=O) groups excluding carboxylic acids is 1. The summed E-state index contributed by atoms with van der Waals surface area (Å²) in [6.45, 7) is 5.11. The molecule has 0 bridgehead atoms. The molecule has 1 atom stereocenters. The highest BCUT2D eigenvalue weighted by Crippen LogP contribution is 2.12. The van der Waals surface area contributed by atoms with Gasteiger partial charge in [0.25, 0.3) is 0 Å². The fourth-order valence-corrected chi connectivity index (χ4v) is 4.22. The fraction of sp³-hybridized carbons (Fsp3) is 0.694. The van der Waals surface area contributed by atoms with Crippen molar-refractivity contribution in [3.63, 3.8) is 0 Å². The molecule has 0 aliphatic rings. The molecule has 0 spiro atoms. The molecule has 0 rings (SSSR count). The fourth-order valence-electron chi connectivity index (χ4n) is 4.22. The number of aliphatic hydroxyl groups is 1. The summed E-state index contributed by atoms with van der Waals surface area (Å²) in [5.74, 6) is -0.329. The van der Waals surface area contributed by atoms with Gasteiger partial charge in [0.2, 0.25) is 0 Å². The van der Waals surface area contributed by atoms with Crippen molar-refractivity contribution in [1.29, 1.82) is 0 Å². The second-order valence-electron chi connectivity index (χ2n) is 10.5. The number of ether oxygens (including phenoxy) is 2. The van der Waals surface area contributed by atoms with Gasteiger partial charge in [-0.2, -0.15) is 0 Å². The number of carbonyl (C=O) groups is 1. The summed E-state index contributed by atoms with van der Waals surface area (Å²) in [6.07, 6.45) is 42.7. The van der Waals surface area contributed by atoms with Crippen molar-refractivity contribution in [2.45, 2.75) is 142 Å². The predicted octanol–water partition coefficient (Wildman–Crippen LogP) is 10.1. The van der Waals surface area contributed by atoms with Crippen LogP contribution < -0.4 is 0 Å². The molecule has 0 amide bonds. The first-order valence-electron chi connectivity index (χ1n) is 16.4. The molecule has 0 aliphatic carbocycles. The molecule has 1 N–H and O–H groups in total. The minimum Gasteiger partial charge on any atom is -0.457 e. The lowest BCUT2D eigenvalue weighted by Gasteiger charge is -2.15. The Balaban J connectivity index is 3.63. The van der Waals surface area contributed by atoms with Gasteiger partial charge in [-0.15, -0.1) is 0 Å². The van der Waals surface area contributed by atoms with E-state index in [1.807, 2.05) is 12.2 Å². The molecule has 0 fully saturated rings. The second-order valence-corrected chi connectivity index (χ2v) is 10.5. The van der Waals surface area contributed by atoms with E-state index in [1.54, 1.807) is 0 Å². The van der Waals surface area contributed by atoms with E-state index < -0.39 is 6.10 Å². The van der Waals surface area contributed by atoms with E-state index in [4.69, 9.17) is 9.47 Å². The van der Waals surface area contributed by atoms with Crippen LogP contribution in [-0.2, 0) is 14.3 Å². The maximum Gasteiger partial charge on any atom is 0.310 e. The second kappa shape index (κ2) is 33.3. The molecule has 4 heteroatoms. The molecule has 230 valence electrons. The molecular weight excluding hydrogens is 496 g/mol. The van der Waals surface area contributed by atoms with Crippen molar-refractivity contribution in [3.05, 3.63) is 60.8 Å². The zero-order valence-electron chi connectivity index (χ0n) is 26.1. The van der Waals surface area contributed by atoms with Gasteiger partial charge < -0.3 is 14.6 Å². The first-order valence-corrected chi connectivity index (χ1v) is 16.4. The van der Waals surface area contributed by atoms with Gasteiger partial charge in [-0.05, 0) is 38.5 Å². The number of allylic oxidation sites excluding steroid dienone is 9.